The van der Waals surface area contributed by atoms with Crippen LogP contribution in [0.25, 0.3) is 0 Å². The lowest BCUT2D eigenvalue weighted by Gasteiger charge is -2.28. The molecule has 0 atom stereocenters. The van der Waals surface area contributed by atoms with E-state index in [4.69, 9.17) is 0 Å². The second-order valence-electron chi connectivity index (χ2n) is 11.4. The minimum Gasteiger partial charge on any atom is -0.507 e. The minimum absolute atomic E-state index is 0.109. The molecule has 0 aliphatic heterocycles. The summed E-state index contributed by atoms with van der Waals surface area (Å²) < 4.78 is 0. The molecule has 0 fully saturated rings. The highest BCUT2D eigenvalue weighted by molar-refractivity contribution is 6.04. The molecule has 2 aromatic rings. The molecule has 0 heterocycles. The molecule has 0 saturated heterocycles. The predicted octanol–water partition coefficient (Wildman–Crippen LogP) is 8.53. The number of nitrogens with one attached hydrogen (secondary N) is 1. The van der Waals surface area contributed by atoms with E-state index in [9.17, 15) is 9.90 Å². The number of unbranched alkanes of at least 4 members (excludes halogenated alkanes) is 6. The molecule has 0 radical (unpaired) electrons. The van der Waals surface area contributed by atoms with Gasteiger partial charge in [-0.2, -0.15) is 0 Å². The van der Waals surface area contributed by atoms with Gasteiger partial charge < -0.3 is 10.4 Å². The third kappa shape index (κ3) is 8.21. The third-order valence-electron chi connectivity index (χ3n) is 6.24. The van der Waals surface area contributed by atoms with Crippen LogP contribution in [0.4, 0.5) is 5.69 Å². The van der Waals surface area contributed by atoms with Gasteiger partial charge in [-0.15, -0.1) is 0 Å². The van der Waals surface area contributed by atoms with E-state index >= 15 is 0 Å². The Kier molecular flexibility index (Phi) is 9.57. The first-order valence-corrected chi connectivity index (χ1v) is 12.7. The summed E-state index contributed by atoms with van der Waals surface area (Å²) >= 11 is 0. The molecule has 0 bridgehead atoms. The van der Waals surface area contributed by atoms with Gasteiger partial charge in [-0.05, 0) is 53.5 Å². The molecule has 0 aromatic heterocycles. The number of benzene rings is 2. The van der Waals surface area contributed by atoms with Crippen molar-refractivity contribution in [1.29, 1.82) is 0 Å². The normalized spacial score (nSPS) is 12.1. The predicted molar refractivity (Wildman–Crippen MR) is 142 cm³/mol. The molecule has 0 aliphatic rings. The van der Waals surface area contributed by atoms with Crippen molar-refractivity contribution in [2.24, 2.45) is 0 Å². The van der Waals surface area contributed by atoms with Crippen molar-refractivity contribution in [3.63, 3.8) is 0 Å². The van der Waals surface area contributed by atoms with Crippen LogP contribution in [0.15, 0.2) is 36.4 Å². The zero-order chi connectivity index (χ0) is 24.6. The van der Waals surface area contributed by atoms with E-state index < -0.39 is 0 Å². The highest BCUT2D eigenvalue weighted by Gasteiger charge is 2.27. The molecule has 2 N–H and O–H groups in total. The van der Waals surface area contributed by atoms with Crippen LogP contribution in [-0.2, 0) is 17.3 Å². The molecule has 1 amide bonds. The fourth-order valence-corrected chi connectivity index (χ4v) is 4.21. The van der Waals surface area contributed by atoms with Crippen LogP contribution in [-0.4, -0.2) is 11.0 Å². The number of carbonyl (C=O) groups excluding carboxylic acids is 1. The summed E-state index contributed by atoms with van der Waals surface area (Å²) in [7, 11) is 0. The van der Waals surface area contributed by atoms with Gasteiger partial charge in [0.15, 0.2) is 0 Å². The van der Waals surface area contributed by atoms with Crippen LogP contribution in [0.3, 0.4) is 0 Å². The summed E-state index contributed by atoms with van der Waals surface area (Å²) in [5.41, 5.74) is 3.84. The number of carbonyl (C=O) groups is 1. The zero-order valence-corrected chi connectivity index (χ0v) is 22.0. The molecular weight excluding hydrogens is 406 g/mol. The van der Waals surface area contributed by atoms with Gasteiger partial charge in [0.1, 0.15) is 5.75 Å². The van der Waals surface area contributed by atoms with Crippen molar-refractivity contribution >= 4 is 11.6 Å². The lowest BCUT2D eigenvalue weighted by Crippen LogP contribution is -2.19. The van der Waals surface area contributed by atoms with E-state index in [1.165, 1.54) is 50.5 Å². The van der Waals surface area contributed by atoms with E-state index in [1.807, 2.05) is 30.3 Å². The molecule has 0 saturated carbocycles. The molecular formula is C30H45NO2. The van der Waals surface area contributed by atoms with Crippen LogP contribution in [0.1, 0.15) is 120 Å². The molecule has 0 unspecified atom stereocenters. The van der Waals surface area contributed by atoms with Crippen LogP contribution >= 0.6 is 0 Å². The summed E-state index contributed by atoms with van der Waals surface area (Å²) in [5.74, 6) is 0.214. The van der Waals surface area contributed by atoms with Gasteiger partial charge in [-0.3, -0.25) is 4.79 Å². The van der Waals surface area contributed by atoms with Gasteiger partial charge in [-0.25, -0.2) is 0 Å². The number of amides is 1. The topological polar surface area (TPSA) is 49.3 Å². The van der Waals surface area contributed by atoms with Crippen molar-refractivity contribution < 1.29 is 9.90 Å². The van der Waals surface area contributed by atoms with E-state index in [0.29, 0.717) is 11.3 Å². The monoisotopic (exact) mass is 451 g/mol. The average Bonchev–Trinajstić information content (AvgIpc) is 2.72. The number of phenols is 1. The Hall–Kier alpha value is -2.29. The second kappa shape index (κ2) is 11.7. The smallest absolute Gasteiger partial charge is 0.255 e. The number of aryl methyl sites for hydroxylation is 1. The Morgan fingerprint density at radius 1 is 0.818 bits per heavy atom. The van der Waals surface area contributed by atoms with Crippen molar-refractivity contribution in [3.8, 4) is 5.75 Å². The van der Waals surface area contributed by atoms with Crippen LogP contribution in [0, 0.1) is 0 Å². The number of hydrogen-bond acceptors (Lipinski definition) is 2. The van der Waals surface area contributed by atoms with Crippen LogP contribution in [0.2, 0.25) is 0 Å². The van der Waals surface area contributed by atoms with Gasteiger partial charge in [0.2, 0.25) is 0 Å². The molecule has 0 aliphatic carbocycles. The number of hydrogen-bond donors (Lipinski definition) is 2. The average molecular weight is 452 g/mol. The Balaban J connectivity index is 2.11. The molecule has 182 valence electrons. The van der Waals surface area contributed by atoms with Gasteiger partial charge >= 0.3 is 0 Å². The first kappa shape index (κ1) is 27.0. The standard InChI is InChI=1S/C30H45NO2/c1-8-9-10-11-12-13-14-16-22-17-15-18-23(19-22)28(33)31-24-20-25(29(2,3)4)27(32)26(21-24)30(5,6)7/h15,17-21,32H,8-14,16H2,1-7H3,(H,31,33). The molecule has 3 nitrogen and oxygen atoms in total. The summed E-state index contributed by atoms with van der Waals surface area (Å²) in [5, 5.41) is 14.0. The maximum Gasteiger partial charge on any atom is 0.255 e. The highest BCUT2D eigenvalue weighted by Crippen LogP contribution is 2.41. The summed E-state index contributed by atoms with van der Waals surface area (Å²) in [6.45, 7) is 14.7. The molecule has 0 spiro atoms. The lowest BCUT2D eigenvalue weighted by molar-refractivity contribution is 0.102. The first-order valence-electron chi connectivity index (χ1n) is 12.7. The zero-order valence-electron chi connectivity index (χ0n) is 22.0. The third-order valence-corrected chi connectivity index (χ3v) is 6.24. The van der Waals surface area contributed by atoms with Crippen LogP contribution in [0.5, 0.6) is 5.75 Å². The number of aromatic hydroxyl groups is 1. The molecule has 33 heavy (non-hydrogen) atoms. The van der Waals surface area contributed by atoms with Crippen molar-refractivity contribution in [2.75, 3.05) is 5.32 Å². The largest absolute Gasteiger partial charge is 0.507 e. The Labute approximate surface area is 202 Å². The van der Waals surface area contributed by atoms with E-state index in [1.54, 1.807) is 0 Å². The fourth-order valence-electron chi connectivity index (χ4n) is 4.21. The number of rotatable bonds is 10. The van der Waals surface area contributed by atoms with Gasteiger partial charge in [0.05, 0.1) is 0 Å². The maximum atomic E-state index is 13.1. The number of anilines is 1. The molecule has 2 rings (SSSR count). The Morgan fingerprint density at radius 3 is 1.91 bits per heavy atom. The highest BCUT2D eigenvalue weighted by atomic mass is 16.3. The van der Waals surface area contributed by atoms with Crippen molar-refractivity contribution in [1.82, 2.24) is 0 Å². The van der Waals surface area contributed by atoms with E-state index in [-0.39, 0.29) is 16.7 Å². The van der Waals surface area contributed by atoms with Gasteiger partial charge in [0.25, 0.3) is 5.91 Å². The lowest BCUT2D eigenvalue weighted by atomic mass is 9.79. The minimum atomic E-state index is -0.235. The fraction of sp³-hybridized carbons (Fsp3) is 0.567. The van der Waals surface area contributed by atoms with Crippen molar-refractivity contribution in [2.45, 2.75) is 111 Å². The number of phenolic OH excluding ortho intramolecular Hbond substituents is 1. The SMILES string of the molecule is CCCCCCCCCc1cccc(C(=O)Nc2cc(C(C)(C)C)c(O)c(C(C)(C)C)c2)c1. The molecule has 3 heteroatoms. The van der Waals surface area contributed by atoms with E-state index in [0.717, 1.165) is 23.2 Å². The Bertz CT molecular complexity index is 881. The van der Waals surface area contributed by atoms with Gasteiger partial charge in [-0.1, -0.05) is 99.1 Å². The van der Waals surface area contributed by atoms with E-state index in [2.05, 4.69) is 59.8 Å². The quantitative estimate of drug-likeness (QED) is 0.281. The second-order valence-corrected chi connectivity index (χ2v) is 11.4. The first-order chi connectivity index (χ1) is 15.4. The van der Waals surface area contributed by atoms with Gasteiger partial charge in [0, 0.05) is 22.4 Å². The summed E-state index contributed by atoms with van der Waals surface area (Å²) in [6.07, 6.45) is 10.0. The summed E-state index contributed by atoms with van der Waals surface area (Å²) in [6, 6.07) is 11.8. The molecule has 2 aromatic carbocycles. The summed E-state index contributed by atoms with van der Waals surface area (Å²) in [4.78, 5) is 13.1. The maximum absolute atomic E-state index is 13.1. The Morgan fingerprint density at radius 2 is 1.36 bits per heavy atom. The van der Waals surface area contributed by atoms with Crippen LogP contribution < -0.4 is 5.32 Å². The van der Waals surface area contributed by atoms with Crippen molar-refractivity contribution in [3.05, 3.63) is 58.7 Å².